The summed E-state index contributed by atoms with van der Waals surface area (Å²) in [6, 6.07) is 10.6. The first-order chi connectivity index (χ1) is 14.6. The van der Waals surface area contributed by atoms with Crippen LogP contribution in [-0.4, -0.2) is 72.0 Å². The number of benzene rings is 2. The monoisotopic (exact) mass is 408 g/mol. The van der Waals surface area contributed by atoms with Crippen LogP contribution in [0.4, 0.5) is 0 Å². The highest BCUT2D eigenvalue weighted by atomic mass is 16.5. The Kier molecular flexibility index (Phi) is 5.56. The second-order valence-corrected chi connectivity index (χ2v) is 7.14. The Bertz CT molecular complexity index is 1080. The zero-order valence-corrected chi connectivity index (χ0v) is 17.1. The van der Waals surface area contributed by atoms with E-state index in [-0.39, 0.29) is 11.8 Å². The lowest BCUT2D eigenvalue weighted by Crippen LogP contribution is -2.37. The Labute approximate surface area is 174 Å². The standard InChI is InChI=1S/C22H24N4O4/c1-29-19-7-5-16(13-20(19)30-2)22(28)26-9-3-8-25(10-11-26)21(27)15-4-6-17-18(12-15)24-14-23-17/h4-7,12-14H,3,8-11H2,1-2H3,(H,23,24). The number of H-pyrrole nitrogens is 1. The summed E-state index contributed by atoms with van der Waals surface area (Å²) in [4.78, 5) is 36.8. The van der Waals surface area contributed by atoms with Gasteiger partial charge >= 0.3 is 0 Å². The lowest BCUT2D eigenvalue weighted by Gasteiger charge is -2.22. The van der Waals surface area contributed by atoms with Gasteiger partial charge in [-0.2, -0.15) is 0 Å². The number of hydrogen-bond acceptors (Lipinski definition) is 5. The number of fused-ring (bicyclic) bond motifs is 1. The van der Waals surface area contributed by atoms with Crippen LogP contribution in [0.1, 0.15) is 27.1 Å². The van der Waals surface area contributed by atoms with Gasteiger partial charge in [0.25, 0.3) is 11.8 Å². The molecule has 1 saturated heterocycles. The van der Waals surface area contributed by atoms with E-state index in [0.717, 1.165) is 17.5 Å². The SMILES string of the molecule is COc1ccc(C(=O)N2CCCN(C(=O)c3ccc4nc[nH]c4c3)CC2)cc1OC. The Morgan fingerprint density at radius 2 is 1.50 bits per heavy atom. The molecule has 2 heterocycles. The molecule has 0 bridgehead atoms. The average molecular weight is 408 g/mol. The lowest BCUT2D eigenvalue weighted by atomic mass is 10.1. The Balaban J connectivity index is 1.45. The maximum absolute atomic E-state index is 13.0. The summed E-state index contributed by atoms with van der Waals surface area (Å²) >= 11 is 0. The number of ether oxygens (including phenoxy) is 2. The molecule has 0 saturated carbocycles. The zero-order valence-electron chi connectivity index (χ0n) is 17.1. The van der Waals surface area contributed by atoms with E-state index in [2.05, 4.69) is 9.97 Å². The van der Waals surface area contributed by atoms with Crippen LogP contribution in [0.3, 0.4) is 0 Å². The summed E-state index contributed by atoms with van der Waals surface area (Å²) in [5, 5.41) is 0. The highest BCUT2D eigenvalue weighted by Crippen LogP contribution is 2.28. The number of imidazole rings is 1. The molecule has 0 unspecified atom stereocenters. The van der Waals surface area contributed by atoms with Crippen LogP contribution in [0.25, 0.3) is 11.0 Å². The van der Waals surface area contributed by atoms with Crippen molar-refractivity contribution >= 4 is 22.8 Å². The summed E-state index contributed by atoms with van der Waals surface area (Å²) in [5.41, 5.74) is 2.82. The van der Waals surface area contributed by atoms with E-state index in [1.807, 2.05) is 12.1 Å². The molecule has 1 N–H and O–H groups in total. The average Bonchev–Trinajstić information content (AvgIpc) is 3.12. The molecule has 2 amide bonds. The molecule has 0 aliphatic carbocycles. The normalized spacial score (nSPS) is 14.5. The van der Waals surface area contributed by atoms with Crippen molar-refractivity contribution in [1.82, 2.24) is 19.8 Å². The molecule has 156 valence electrons. The van der Waals surface area contributed by atoms with E-state index in [1.54, 1.807) is 54.6 Å². The first kappa shape index (κ1) is 19.8. The summed E-state index contributed by atoms with van der Waals surface area (Å²) in [7, 11) is 3.10. The first-order valence-corrected chi connectivity index (χ1v) is 9.84. The van der Waals surface area contributed by atoms with E-state index in [1.165, 1.54) is 0 Å². The minimum Gasteiger partial charge on any atom is -0.493 e. The van der Waals surface area contributed by atoms with Crippen LogP contribution in [0.5, 0.6) is 11.5 Å². The largest absolute Gasteiger partial charge is 0.493 e. The van der Waals surface area contributed by atoms with Crippen molar-refractivity contribution in [2.24, 2.45) is 0 Å². The van der Waals surface area contributed by atoms with Crippen LogP contribution in [0, 0.1) is 0 Å². The van der Waals surface area contributed by atoms with Crippen molar-refractivity contribution in [1.29, 1.82) is 0 Å². The first-order valence-electron chi connectivity index (χ1n) is 9.84. The Hall–Kier alpha value is -3.55. The van der Waals surface area contributed by atoms with E-state index in [9.17, 15) is 9.59 Å². The number of methoxy groups -OCH3 is 2. The minimum absolute atomic E-state index is 0.0353. The van der Waals surface area contributed by atoms with Gasteiger partial charge in [0, 0.05) is 37.3 Å². The number of hydrogen-bond donors (Lipinski definition) is 1. The molecule has 0 atom stereocenters. The van der Waals surface area contributed by atoms with Crippen molar-refractivity contribution < 1.29 is 19.1 Å². The van der Waals surface area contributed by atoms with Gasteiger partial charge in [-0.05, 0) is 42.8 Å². The molecule has 8 heteroatoms. The molecule has 1 aromatic heterocycles. The van der Waals surface area contributed by atoms with Gasteiger partial charge in [0.15, 0.2) is 11.5 Å². The number of nitrogens with one attached hydrogen (secondary N) is 1. The summed E-state index contributed by atoms with van der Waals surface area (Å²) in [5.74, 6) is 0.983. The molecule has 2 aromatic carbocycles. The van der Waals surface area contributed by atoms with Crippen LogP contribution in [0.2, 0.25) is 0 Å². The highest BCUT2D eigenvalue weighted by molar-refractivity contribution is 5.98. The molecule has 30 heavy (non-hydrogen) atoms. The highest BCUT2D eigenvalue weighted by Gasteiger charge is 2.24. The van der Waals surface area contributed by atoms with Gasteiger partial charge in [-0.25, -0.2) is 4.98 Å². The van der Waals surface area contributed by atoms with E-state index in [4.69, 9.17) is 9.47 Å². The van der Waals surface area contributed by atoms with E-state index >= 15 is 0 Å². The van der Waals surface area contributed by atoms with Crippen molar-refractivity contribution in [3.63, 3.8) is 0 Å². The van der Waals surface area contributed by atoms with Gasteiger partial charge in [-0.15, -0.1) is 0 Å². The fourth-order valence-electron chi connectivity index (χ4n) is 3.73. The van der Waals surface area contributed by atoms with Gasteiger partial charge in [0.2, 0.25) is 0 Å². The van der Waals surface area contributed by atoms with Crippen LogP contribution in [0.15, 0.2) is 42.7 Å². The number of carbonyl (C=O) groups excluding carboxylic acids is 2. The van der Waals surface area contributed by atoms with Crippen molar-refractivity contribution in [2.75, 3.05) is 40.4 Å². The third-order valence-corrected chi connectivity index (χ3v) is 5.37. The van der Waals surface area contributed by atoms with Crippen LogP contribution in [-0.2, 0) is 0 Å². The number of amides is 2. The number of aromatic amines is 1. The van der Waals surface area contributed by atoms with E-state index in [0.29, 0.717) is 48.8 Å². The summed E-state index contributed by atoms with van der Waals surface area (Å²) < 4.78 is 10.5. The Morgan fingerprint density at radius 3 is 2.17 bits per heavy atom. The van der Waals surface area contributed by atoms with Gasteiger partial charge in [0.05, 0.1) is 31.6 Å². The molecule has 4 rings (SSSR count). The third kappa shape index (κ3) is 3.80. The van der Waals surface area contributed by atoms with Gasteiger partial charge in [0.1, 0.15) is 0 Å². The molecule has 3 aromatic rings. The second-order valence-electron chi connectivity index (χ2n) is 7.14. The molecule has 1 aliphatic rings. The summed E-state index contributed by atoms with van der Waals surface area (Å²) in [6.07, 6.45) is 2.33. The van der Waals surface area contributed by atoms with Gasteiger partial charge in [-0.1, -0.05) is 0 Å². The molecular formula is C22H24N4O4. The minimum atomic E-state index is -0.0795. The molecule has 0 radical (unpaired) electrons. The molecule has 0 spiro atoms. The number of aromatic nitrogens is 2. The quantitative estimate of drug-likeness (QED) is 0.717. The topological polar surface area (TPSA) is 87.8 Å². The number of nitrogens with zero attached hydrogens (tertiary/aromatic N) is 3. The predicted molar refractivity (Wildman–Crippen MR) is 112 cm³/mol. The molecule has 8 nitrogen and oxygen atoms in total. The number of carbonyl (C=O) groups is 2. The fourth-order valence-corrected chi connectivity index (χ4v) is 3.73. The molecule has 1 aliphatic heterocycles. The van der Waals surface area contributed by atoms with Gasteiger partial charge < -0.3 is 24.3 Å². The predicted octanol–water partition coefficient (Wildman–Crippen LogP) is 2.57. The van der Waals surface area contributed by atoms with Crippen LogP contribution >= 0.6 is 0 Å². The molecule has 1 fully saturated rings. The fraction of sp³-hybridized carbons (Fsp3) is 0.318. The smallest absolute Gasteiger partial charge is 0.254 e. The maximum atomic E-state index is 13.0. The lowest BCUT2D eigenvalue weighted by molar-refractivity contribution is 0.0718. The van der Waals surface area contributed by atoms with E-state index < -0.39 is 0 Å². The second kappa shape index (κ2) is 8.44. The van der Waals surface area contributed by atoms with Crippen molar-refractivity contribution in [2.45, 2.75) is 6.42 Å². The van der Waals surface area contributed by atoms with Crippen molar-refractivity contribution in [3.8, 4) is 11.5 Å². The maximum Gasteiger partial charge on any atom is 0.254 e. The van der Waals surface area contributed by atoms with Gasteiger partial charge in [-0.3, -0.25) is 9.59 Å². The van der Waals surface area contributed by atoms with Crippen LogP contribution < -0.4 is 9.47 Å². The Morgan fingerprint density at radius 1 is 0.867 bits per heavy atom. The summed E-state index contributed by atoms with van der Waals surface area (Å²) in [6.45, 7) is 2.16. The third-order valence-electron chi connectivity index (χ3n) is 5.37. The zero-order chi connectivity index (χ0) is 21.1. The number of rotatable bonds is 4. The molecular weight excluding hydrogens is 384 g/mol. The van der Waals surface area contributed by atoms with Crippen molar-refractivity contribution in [3.05, 3.63) is 53.9 Å².